The first-order valence-corrected chi connectivity index (χ1v) is 6.59. The van der Waals surface area contributed by atoms with Crippen LogP contribution in [0.1, 0.15) is 16.7 Å². The lowest BCUT2D eigenvalue weighted by molar-refractivity contribution is 0.246. The van der Waals surface area contributed by atoms with E-state index in [1.165, 1.54) is 11.1 Å². The van der Waals surface area contributed by atoms with Crippen LogP contribution in [0.3, 0.4) is 0 Å². The predicted molar refractivity (Wildman–Crippen MR) is 76.8 cm³/mol. The number of hydrogen-bond donors (Lipinski definition) is 2. The summed E-state index contributed by atoms with van der Waals surface area (Å²) in [5, 5.41) is 9.38. The first-order chi connectivity index (χ1) is 9.22. The lowest BCUT2D eigenvalue weighted by Gasteiger charge is -2.29. The van der Waals surface area contributed by atoms with Crippen LogP contribution in [0.25, 0.3) is 0 Å². The van der Waals surface area contributed by atoms with Crippen LogP contribution in [0.15, 0.2) is 42.5 Å². The summed E-state index contributed by atoms with van der Waals surface area (Å²) in [6, 6.07) is 13.8. The molecule has 2 aromatic carbocycles. The molecular formula is C16H18N2O. The van der Waals surface area contributed by atoms with E-state index >= 15 is 0 Å². The van der Waals surface area contributed by atoms with Gasteiger partial charge in [-0.05, 0) is 29.2 Å². The van der Waals surface area contributed by atoms with Crippen molar-refractivity contribution in [1.29, 1.82) is 0 Å². The van der Waals surface area contributed by atoms with Crippen LogP contribution in [-0.4, -0.2) is 16.6 Å². The number of benzene rings is 2. The molecule has 0 aromatic heterocycles. The molecule has 3 N–H and O–H groups in total. The van der Waals surface area contributed by atoms with Crippen LogP contribution in [0.5, 0.6) is 5.75 Å². The summed E-state index contributed by atoms with van der Waals surface area (Å²) >= 11 is 0. The highest BCUT2D eigenvalue weighted by Crippen LogP contribution is 2.24. The van der Waals surface area contributed by atoms with Gasteiger partial charge in [0.05, 0.1) is 0 Å². The summed E-state index contributed by atoms with van der Waals surface area (Å²) in [5.41, 5.74) is 10.6. The zero-order valence-electron chi connectivity index (χ0n) is 10.8. The Bertz CT molecular complexity index is 595. The number of nitrogens with two attached hydrogens (primary N) is 1. The van der Waals surface area contributed by atoms with Crippen molar-refractivity contribution in [3.05, 3.63) is 59.2 Å². The van der Waals surface area contributed by atoms with Crippen molar-refractivity contribution >= 4 is 5.69 Å². The Morgan fingerprint density at radius 2 is 1.89 bits per heavy atom. The molecular weight excluding hydrogens is 236 g/mol. The fourth-order valence-corrected chi connectivity index (χ4v) is 2.66. The van der Waals surface area contributed by atoms with Gasteiger partial charge >= 0.3 is 0 Å². The van der Waals surface area contributed by atoms with Crippen molar-refractivity contribution in [2.45, 2.75) is 19.5 Å². The van der Waals surface area contributed by atoms with Gasteiger partial charge in [0.25, 0.3) is 0 Å². The summed E-state index contributed by atoms with van der Waals surface area (Å²) in [7, 11) is 0. The number of nitrogens with zero attached hydrogens (tertiary/aromatic N) is 1. The topological polar surface area (TPSA) is 49.5 Å². The van der Waals surface area contributed by atoms with Gasteiger partial charge in [-0.15, -0.1) is 0 Å². The zero-order chi connectivity index (χ0) is 13.2. The second kappa shape index (κ2) is 4.94. The zero-order valence-corrected chi connectivity index (χ0v) is 10.8. The molecule has 0 amide bonds. The molecule has 0 saturated carbocycles. The largest absolute Gasteiger partial charge is 0.508 e. The highest BCUT2D eigenvalue weighted by atomic mass is 16.3. The SMILES string of the molecule is Nc1cc(O)ccc1CN1CCc2ccccc2C1. The monoisotopic (exact) mass is 254 g/mol. The first-order valence-electron chi connectivity index (χ1n) is 6.59. The number of aromatic hydroxyl groups is 1. The van der Waals surface area contributed by atoms with Crippen molar-refractivity contribution in [2.24, 2.45) is 0 Å². The van der Waals surface area contributed by atoms with E-state index in [9.17, 15) is 5.11 Å². The molecule has 0 unspecified atom stereocenters. The third-order valence-electron chi connectivity index (χ3n) is 3.73. The minimum atomic E-state index is 0.227. The van der Waals surface area contributed by atoms with E-state index in [1.807, 2.05) is 6.07 Å². The molecule has 0 saturated heterocycles. The molecule has 3 heteroatoms. The Morgan fingerprint density at radius 3 is 2.68 bits per heavy atom. The second-order valence-corrected chi connectivity index (χ2v) is 5.11. The quantitative estimate of drug-likeness (QED) is 0.810. The lowest BCUT2D eigenvalue weighted by Crippen LogP contribution is -2.30. The summed E-state index contributed by atoms with van der Waals surface area (Å²) in [6.07, 6.45) is 1.09. The van der Waals surface area contributed by atoms with Crippen molar-refractivity contribution < 1.29 is 5.11 Å². The van der Waals surface area contributed by atoms with Crippen LogP contribution >= 0.6 is 0 Å². The minimum Gasteiger partial charge on any atom is -0.508 e. The number of hydrogen-bond acceptors (Lipinski definition) is 3. The fourth-order valence-electron chi connectivity index (χ4n) is 2.66. The number of phenols is 1. The molecule has 3 nitrogen and oxygen atoms in total. The Kier molecular flexibility index (Phi) is 3.13. The van der Waals surface area contributed by atoms with Crippen molar-refractivity contribution in [3.63, 3.8) is 0 Å². The number of nitrogen functional groups attached to an aromatic ring is 1. The smallest absolute Gasteiger partial charge is 0.117 e. The predicted octanol–water partition coefficient (Wildman–Crippen LogP) is 2.53. The third kappa shape index (κ3) is 2.56. The van der Waals surface area contributed by atoms with Crippen LogP contribution in [0.2, 0.25) is 0 Å². The van der Waals surface area contributed by atoms with Gasteiger partial charge in [-0.2, -0.15) is 0 Å². The molecule has 0 spiro atoms. The molecule has 1 heterocycles. The van der Waals surface area contributed by atoms with E-state index in [4.69, 9.17) is 5.73 Å². The van der Waals surface area contributed by atoms with E-state index in [0.717, 1.165) is 31.6 Å². The van der Waals surface area contributed by atoms with E-state index in [1.54, 1.807) is 12.1 Å². The van der Waals surface area contributed by atoms with Gasteiger partial charge in [-0.25, -0.2) is 0 Å². The molecule has 1 aliphatic rings. The maximum atomic E-state index is 9.38. The van der Waals surface area contributed by atoms with Crippen molar-refractivity contribution in [1.82, 2.24) is 4.90 Å². The van der Waals surface area contributed by atoms with E-state index in [0.29, 0.717) is 5.69 Å². The number of phenolic OH excluding ortho intramolecular Hbond substituents is 1. The van der Waals surface area contributed by atoms with Gasteiger partial charge in [0.1, 0.15) is 5.75 Å². The van der Waals surface area contributed by atoms with Gasteiger partial charge in [-0.3, -0.25) is 4.90 Å². The Morgan fingerprint density at radius 1 is 1.11 bits per heavy atom. The number of anilines is 1. The summed E-state index contributed by atoms with van der Waals surface area (Å²) in [5.74, 6) is 0.227. The average molecular weight is 254 g/mol. The highest BCUT2D eigenvalue weighted by Gasteiger charge is 2.16. The second-order valence-electron chi connectivity index (χ2n) is 5.11. The summed E-state index contributed by atoms with van der Waals surface area (Å²) in [6.45, 7) is 2.86. The van der Waals surface area contributed by atoms with Gasteiger partial charge in [-0.1, -0.05) is 30.3 Å². The fraction of sp³-hybridized carbons (Fsp3) is 0.250. The van der Waals surface area contributed by atoms with E-state index in [-0.39, 0.29) is 5.75 Å². The summed E-state index contributed by atoms with van der Waals surface area (Å²) < 4.78 is 0. The summed E-state index contributed by atoms with van der Waals surface area (Å²) in [4.78, 5) is 2.39. The van der Waals surface area contributed by atoms with E-state index < -0.39 is 0 Å². The Hall–Kier alpha value is -2.00. The van der Waals surface area contributed by atoms with Crippen molar-refractivity contribution in [2.75, 3.05) is 12.3 Å². The van der Waals surface area contributed by atoms with Crippen LogP contribution in [0, 0.1) is 0 Å². The molecule has 98 valence electrons. The van der Waals surface area contributed by atoms with Gasteiger partial charge in [0, 0.05) is 31.4 Å². The molecule has 2 aromatic rings. The molecule has 0 aliphatic carbocycles. The van der Waals surface area contributed by atoms with Crippen LogP contribution in [0.4, 0.5) is 5.69 Å². The van der Waals surface area contributed by atoms with Gasteiger partial charge in [0.2, 0.25) is 0 Å². The van der Waals surface area contributed by atoms with Gasteiger partial charge < -0.3 is 10.8 Å². The molecule has 3 rings (SSSR count). The average Bonchev–Trinajstić information content (AvgIpc) is 2.42. The standard InChI is InChI=1S/C16H18N2O/c17-16-9-15(19)6-5-14(16)11-18-8-7-12-3-1-2-4-13(12)10-18/h1-6,9,19H,7-8,10-11,17H2. The maximum absolute atomic E-state index is 9.38. The van der Waals surface area contributed by atoms with E-state index in [2.05, 4.69) is 29.2 Å². The Balaban J connectivity index is 1.75. The normalized spacial score (nSPS) is 15.2. The molecule has 19 heavy (non-hydrogen) atoms. The van der Waals surface area contributed by atoms with Crippen LogP contribution in [-0.2, 0) is 19.5 Å². The third-order valence-corrected chi connectivity index (χ3v) is 3.73. The lowest BCUT2D eigenvalue weighted by atomic mass is 9.99. The van der Waals surface area contributed by atoms with Gasteiger partial charge in [0.15, 0.2) is 0 Å². The molecule has 0 atom stereocenters. The number of fused-ring (bicyclic) bond motifs is 1. The molecule has 0 fully saturated rings. The number of rotatable bonds is 2. The Labute approximate surface area is 113 Å². The molecule has 0 radical (unpaired) electrons. The highest BCUT2D eigenvalue weighted by molar-refractivity contribution is 5.51. The minimum absolute atomic E-state index is 0.227. The molecule has 0 bridgehead atoms. The maximum Gasteiger partial charge on any atom is 0.117 e. The molecule has 1 aliphatic heterocycles. The van der Waals surface area contributed by atoms with Crippen molar-refractivity contribution in [3.8, 4) is 5.75 Å². The van der Waals surface area contributed by atoms with Crippen LogP contribution < -0.4 is 5.73 Å². The first kappa shape index (κ1) is 12.1.